The fourth-order valence-corrected chi connectivity index (χ4v) is 1.54. The third-order valence-corrected chi connectivity index (χ3v) is 2.39. The molecule has 0 radical (unpaired) electrons. The number of barbiturate groups is 1. The molecule has 2 heterocycles. The number of nitrogens with zero attached hydrogens (tertiary/aromatic N) is 3. The van der Waals surface area contributed by atoms with Gasteiger partial charge >= 0.3 is 6.03 Å². The number of hydrogen-bond acceptors (Lipinski definition) is 4. The number of carbonyl (C=O) groups excluding carboxylic acids is 3. The molecule has 1 aromatic rings. The maximum absolute atomic E-state index is 11.6. The van der Waals surface area contributed by atoms with E-state index in [4.69, 9.17) is 0 Å². The van der Waals surface area contributed by atoms with Gasteiger partial charge in [0.1, 0.15) is 6.42 Å². The van der Waals surface area contributed by atoms with Crippen molar-refractivity contribution in [3.8, 4) is 0 Å². The Hall–Kier alpha value is -2.18. The lowest BCUT2D eigenvalue weighted by atomic mass is 10.3. The first-order valence-electron chi connectivity index (χ1n) is 5.20. The molecule has 17 heavy (non-hydrogen) atoms. The van der Waals surface area contributed by atoms with Crippen LogP contribution < -0.4 is 10.2 Å². The number of urea groups is 1. The van der Waals surface area contributed by atoms with Gasteiger partial charge in [0.2, 0.25) is 11.8 Å². The standard InChI is InChI=1S/C10H12N4O3/c1-6(2)13-5-7(4-11-13)14-9(16)3-8(15)12-10(14)17/h4-6H,3H2,1-2H3,(H,12,15,17). The average Bonchev–Trinajstić information content (AvgIpc) is 2.65. The SMILES string of the molecule is CC(C)n1cc(N2C(=O)CC(=O)NC2=O)cn1. The van der Waals surface area contributed by atoms with E-state index < -0.39 is 17.8 Å². The fourth-order valence-electron chi connectivity index (χ4n) is 1.54. The Kier molecular flexibility index (Phi) is 2.66. The number of nitrogens with one attached hydrogen (secondary N) is 1. The number of carbonyl (C=O) groups is 3. The molecule has 90 valence electrons. The van der Waals surface area contributed by atoms with Crippen LogP contribution in [-0.2, 0) is 9.59 Å². The minimum absolute atomic E-state index is 0.133. The highest BCUT2D eigenvalue weighted by atomic mass is 16.2. The normalized spacial score (nSPS) is 16.6. The van der Waals surface area contributed by atoms with E-state index in [1.807, 2.05) is 13.8 Å². The van der Waals surface area contributed by atoms with Crippen LogP contribution in [0, 0.1) is 0 Å². The summed E-state index contributed by atoms with van der Waals surface area (Å²) >= 11 is 0. The van der Waals surface area contributed by atoms with Crippen molar-refractivity contribution in [1.82, 2.24) is 15.1 Å². The second kappa shape index (κ2) is 4.00. The van der Waals surface area contributed by atoms with E-state index in [1.54, 1.807) is 10.9 Å². The number of aromatic nitrogens is 2. The highest BCUT2D eigenvalue weighted by Crippen LogP contribution is 2.18. The van der Waals surface area contributed by atoms with Gasteiger partial charge in [-0.3, -0.25) is 19.6 Å². The Morgan fingerprint density at radius 1 is 1.35 bits per heavy atom. The average molecular weight is 236 g/mol. The van der Waals surface area contributed by atoms with Crippen LogP contribution in [0.1, 0.15) is 26.3 Å². The molecule has 4 amide bonds. The predicted octanol–water partition coefficient (Wildman–Crippen LogP) is 0.437. The zero-order chi connectivity index (χ0) is 12.6. The molecule has 1 aromatic heterocycles. The van der Waals surface area contributed by atoms with E-state index in [0.29, 0.717) is 5.69 Å². The molecule has 7 nitrogen and oxygen atoms in total. The molecule has 7 heteroatoms. The second-order valence-corrected chi connectivity index (χ2v) is 4.03. The molecule has 1 fully saturated rings. The van der Waals surface area contributed by atoms with Crippen LogP contribution in [0.4, 0.5) is 10.5 Å². The molecule has 1 aliphatic heterocycles. The molecule has 1 aliphatic rings. The first kappa shape index (κ1) is 11.3. The smallest absolute Gasteiger partial charge is 0.277 e. The van der Waals surface area contributed by atoms with E-state index >= 15 is 0 Å². The first-order chi connectivity index (χ1) is 7.99. The van der Waals surface area contributed by atoms with Crippen LogP contribution in [0.3, 0.4) is 0 Å². The third-order valence-electron chi connectivity index (χ3n) is 2.39. The van der Waals surface area contributed by atoms with Gasteiger partial charge in [0.05, 0.1) is 11.9 Å². The van der Waals surface area contributed by atoms with Gasteiger partial charge in [-0.25, -0.2) is 9.69 Å². The minimum Gasteiger partial charge on any atom is -0.277 e. The van der Waals surface area contributed by atoms with E-state index in [-0.39, 0.29) is 12.5 Å². The largest absolute Gasteiger partial charge is 0.335 e. The van der Waals surface area contributed by atoms with Crippen molar-refractivity contribution in [2.45, 2.75) is 26.3 Å². The van der Waals surface area contributed by atoms with E-state index in [1.165, 1.54) is 6.20 Å². The Bertz CT molecular complexity index is 471. The molecular weight excluding hydrogens is 224 g/mol. The molecule has 0 aromatic carbocycles. The molecule has 0 aliphatic carbocycles. The molecule has 0 saturated carbocycles. The Labute approximate surface area is 97.4 Å². The Morgan fingerprint density at radius 3 is 2.59 bits per heavy atom. The maximum Gasteiger partial charge on any atom is 0.335 e. The number of anilines is 1. The Morgan fingerprint density at radius 2 is 2.06 bits per heavy atom. The topological polar surface area (TPSA) is 84.3 Å². The van der Waals surface area contributed by atoms with Gasteiger partial charge in [-0.1, -0.05) is 0 Å². The Balaban J connectivity index is 2.29. The van der Waals surface area contributed by atoms with Crippen molar-refractivity contribution in [2.24, 2.45) is 0 Å². The van der Waals surface area contributed by atoms with E-state index in [9.17, 15) is 14.4 Å². The van der Waals surface area contributed by atoms with Gasteiger partial charge in [0, 0.05) is 12.2 Å². The first-order valence-corrected chi connectivity index (χ1v) is 5.20. The van der Waals surface area contributed by atoms with Gasteiger partial charge in [-0.15, -0.1) is 0 Å². The molecule has 2 rings (SSSR count). The van der Waals surface area contributed by atoms with Crippen LogP contribution in [0.2, 0.25) is 0 Å². The zero-order valence-corrected chi connectivity index (χ0v) is 9.51. The highest BCUT2D eigenvalue weighted by molar-refractivity contribution is 6.26. The number of rotatable bonds is 2. The van der Waals surface area contributed by atoms with Crippen LogP contribution in [0.15, 0.2) is 12.4 Å². The summed E-state index contributed by atoms with van der Waals surface area (Å²) in [5, 5.41) is 6.12. The summed E-state index contributed by atoms with van der Waals surface area (Å²) in [7, 11) is 0. The van der Waals surface area contributed by atoms with E-state index in [0.717, 1.165) is 4.90 Å². The lowest BCUT2D eigenvalue weighted by Crippen LogP contribution is -2.52. The summed E-state index contributed by atoms with van der Waals surface area (Å²) in [5.41, 5.74) is 0.369. The molecule has 0 atom stereocenters. The summed E-state index contributed by atoms with van der Waals surface area (Å²) in [4.78, 5) is 35.0. The molecule has 0 spiro atoms. The quantitative estimate of drug-likeness (QED) is 0.755. The number of imide groups is 2. The molecule has 1 N–H and O–H groups in total. The van der Waals surface area contributed by atoms with E-state index in [2.05, 4.69) is 10.4 Å². The number of hydrogen-bond donors (Lipinski definition) is 1. The highest BCUT2D eigenvalue weighted by Gasteiger charge is 2.32. The van der Waals surface area contributed by atoms with Crippen molar-refractivity contribution < 1.29 is 14.4 Å². The van der Waals surface area contributed by atoms with Crippen LogP contribution in [0.5, 0.6) is 0 Å². The predicted molar refractivity (Wildman–Crippen MR) is 58.3 cm³/mol. The summed E-state index contributed by atoms with van der Waals surface area (Å²) in [6.07, 6.45) is 2.70. The molecular formula is C10H12N4O3. The van der Waals surface area contributed by atoms with Gasteiger partial charge < -0.3 is 0 Å². The van der Waals surface area contributed by atoms with Crippen molar-refractivity contribution in [2.75, 3.05) is 4.90 Å². The van der Waals surface area contributed by atoms with Crippen molar-refractivity contribution in [1.29, 1.82) is 0 Å². The van der Waals surface area contributed by atoms with Crippen molar-refractivity contribution >= 4 is 23.5 Å². The molecule has 1 saturated heterocycles. The van der Waals surface area contributed by atoms with Crippen LogP contribution in [0.25, 0.3) is 0 Å². The van der Waals surface area contributed by atoms with Gasteiger partial charge in [-0.2, -0.15) is 5.10 Å². The summed E-state index contributed by atoms with van der Waals surface area (Å²) < 4.78 is 1.63. The van der Waals surface area contributed by atoms with Crippen molar-refractivity contribution in [3.05, 3.63) is 12.4 Å². The van der Waals surface area contributed by atoms with Crippen LogP contribution in [-0.4, -0.2) is 27.6 Å². The van der Waals surface area contributed by atoms with Crippen molar-refractivity contribution in [3.63, 3.8) is 0 Å². The second-order valence-electron chi connectivity index (χ2n) is 4.03. The van der Waals surface area contributed by atoms with Gasteiger partial charge in [0.25, 0.3) is 0 Å². The number of amides is 4. The third kappa shape index (κ3) is 2.03. The summed E-state index contributed by atoms with van der Waals surface area (Å²) in [6, 6.07) is -0.595. The molecule has 0 bridgehead atoms. The minimum atomic E-state index is -0.727. The lowest BCUT2D eigenvalue weighted by molar-refractivity contribution is -0.128. The lowest BCUT2D eigenvalue weighted by Gasteiger charge is -2.22. The van der Waals surface area contributed by atoms with Gasteiger partial charge in [0.15, 0.2) is 0 Å². The monoisotopic (exact) mass is 236 g/mol. The fraction of sp³-hybridized carbons (Fsp3) is 0.400. The summed E-state index contributed by atoms with van der Waals surface area (Å²) in [5.74, 6) is -1.12. The van der Waals surface area contributed by atoms with Crippen LogP contribution >= 0.6 is 0 Å². The zero-order valence-electron chi connectivity index (χ0n) is 9.51. The summed E-state index contributed by atoms with van der Waals surface area (Å²) in [6.45, 7) is 3.86. The maximum atomic E-state index is 11.6. The molecule has 0 unspecified atom stereocenters. The van der Waals surface area contributed by atoms with Gasteiger partial charge in [-0.05, 0) is 13.8 Å².